The minimum atomic E-state index is -0.701. The van der Waals surface area contributed by atoms with Crippen LogP contribution in [0.3, 0.4) is 0 Å². The van der Waals surface area contributed by atoms with Crippen molar-refractivity contribution in [2.75, 3.05) is 19.6 Å². The number of aliphatic hydroxyl groups excluding tert-OH is 1. The predicted octanol–water partition coefficient (Wildman–Crippen LogP) is 4.13. The molecule has 3 N–H and O–H groups in total. The number of carbonyl (C=O) groups excluding carboxylic acids is 2. The molecule has 1 aliphatic rings. The number of nitrogens with zero attached hydrogens (tertiary/aromatic N) is 1. The summed E-state index contributed by atoms with van der Waals surface area (Å²) in [4.78, 5) is 28.0. The molecule has 6 nitrogen and oxygen atoms in total. The second kappa shape index (κ2) is 12.8. The van der Waals surface area contributed by atoms with E-state index < -0.39 is 12.1 Å². The van der Waals surface area contributed by atoms with Gasteiger partial charge in [0.25, 0.3) is 5.91 Å². The molecule has 0 aliphatic carbocycles. The molecule has 2 rings (SSSR count). The summed E-state index contributed by atoms with van der Waals surface area (Å²) in [5.74, 6) is 0.218. The fourth-order valence-electron chi connectivity index (χ4n) is 3.96. The number of nitrogens with one attached hydrogen (secondary N) is 2. The van der Waals surface area contributed by atoms with Crippen molar-refractivity contribution in [1.29, 1.82) is 0 Å². The van der Waals surface area contributed by atoms with Crippen molar-refractivity contribution in [3.63, 3.8) is 0 Å². The Morgan fingerprint density at radius 3 is 2.47 bits per heavy atom. The Morgan fingerprint density at radius 2 is 1.88 bits per heavy atom. The first kappa shape index (κ1) is 26.9. The van der Waals surface area contributed by atoms with Crippen LogP contribution in [-0.2, 0) is 4.79 Å². The highest BCUT2D eigenvalue weighted by Gasteiger charge is 2.31. The molecular formula is C24H37Cl2N3O3. The van der Waals surface area contributed by atoms with E-state index in [0.29, 0.717) is 35.9 Å². The summed E-state index contributed by atoms with van der Waals surface area (Å²) < 4.78 is 0. The lowest BCUT2D eigenvalue weighted by atomic mass is 9.98. The van der Waals surface area contributed by atoms with Gasteiger partial charge in [0.2, 0.25) is 5.91 Å². The maximum atomic E-state index is 13.0. The molecule has 3 atom stereocenters. The van der Waals surface area contributed by atoms with Gasteiger partial charge in [-0.25, -0.2) is 0 Å². The van der Waals surface area contributed by atoms with E-state index in [4.69, 9.17) is 23.2 Å². The van der Waals surface area contributed by atoms with Crippen LogP contribution in [0.2, 0.25) is 10.0 Å². The molecule has 0 aromatic heterocycles. The number of amides is 2. The van der Waals surface area contributed by atoms with Crippen molar-refractivity contribution in [3.05, 3.63) is 33.8 Å². The molecule has 0 saturated carbocycles. The van der Waals surface area contributed by atoms with E-state index in [9.17, 15) is 14.7 Å². The summed E-state index contributed by atoms with van der Waals surface area (Å²) in [5.41, 5.74) is 0.343. The lowest BCUT2D eigenvalue weighted by Crippen LogP contribution is -2.57. The van der Waals surface area contributed by atoms with Crippen LogP contribution in [0.15, 0.2) is 18.2 Å². The Hall–Kier alpha value is -1.34. The Kier molecular flexibility index (Phi) is 10.7. The van der Waals surface area contributed by atoms with Crippen LogP contribution in [0.25, 0.3) is 0 Å². The topological polar surface area (TPSA) is 81.7 Å². The second-order valence-corrected chi connectivity index (χ2v) is 10.4. The average molecular weight is 486 g/mol. The fourth-order valence-corrected chi connectivity index (χ4v) is 4.25. The summed E-state index contributed by atoms with van der Waals surface area (Å²) >= 11 is 12.0. The molecule has 1 aromatic carbocycles. The van der Waals surface area contributed by atoms with E-state index in [1.54, 1.807) is 12.1 Å². The van der Waals surface area contributed by atoms with E-state index in [2.05, 4.69) is 29.4 Å². The van der Waals surface area contributed by atoms with Gasteiger partial charge in [0, 0.05) is 18.7 Å². The molecule has 1 fully saturated rings. The van der Waals surface area contributed by atoms with Crippen molar-refractivity contribution >= 4 is 35.0 Å². The third-order valence-electron chi connectivity index (χ3n) is 5.76. The van der Waals surface area contributed by atoms with Crippen LogP contribution < -0.4 is 10.6 Å². The van der Waals surface area contributed by atoms with E-state index in [0.717, 1.165) is 19.5 Å². The Bertz CT molecular complexity index is 773. The van der Waals surface area contributed by atoms with Gasteiger partial charge in [0.15, 0.2) is 0 Å². The third-order valence-corrected chi connectivity index (χ3v) is 6.50. The van der Waals surface area contributed by atoms with Gasteiger partial charge in [-0.3, -0.25) is 9.59 Å². The molecule has 1 heterocycles. The van der Waals surface area contributed by atoms with Gasteiger partial charge in [-0.05, 0) is 62.3 Å². The zero-order valence-corrected chi connectivity index (χ0v) is 21.0. The standard InChI is InChI=1S/C24H37Cl2N3O3/c1-15(2)6-5-10-29-11-9-20(22(30)14-29)27-24(32)21(12-16(3)4)28-23(31)17-7-8-18(25)19(26)13-17/h7-8,13,15-16,20-22,30H,5-6,9-12,14H2,1-4H3,(H,27,32)(H,28,31)/t20?,21-,22?/m0/s1. The van der Waals surface area contributed by atoms with Crippen molar-refractivity contribution in [1.82, 2.24) is 15.5 Å². The highest BCUT2D eigenvalue weighted by Crippen LogP contribution is 2.23. The van der Waals surface area contributed by atoms with Crippen molar-refractivity contribution in [2.24, 2.45) is 11.8 Å². The molecule has 1 saturated heterocycles. The number of benzene rings is 1. The van der Waals surface area contributed by atoms with Gasteiger partial charge in [-0.15, -0.1) is 0 Å². The number of carbonyl (C=O) groups is 2. The quantitative estimate of drug-likeness (QED) is 0.465. The van der Waals surface area contributed by atoms with Gasteiger partial charge in [0.05, 0.1) is 22.2 Å². The fraction of sp³-hybridized carbons (Fsp3) is 0.667. The van der Waals surface area contributed by atoms with Crippen molar-refractivity contribution in [2.45, 2.75) is 71.6 Å². The number of likely N-dealkylation sites (tertiary alicyclic amines) is 1. The van der Waals surface area contributed by atoms with Gasteiger partial charge in [-0.2, -0.15) is 0 Å². The maximum absolute atomic E-state index is 13.0. The van der Waals surface area contributed by atoms with Crippen molar-refractivity contribution < 1.29 is 14.7 Å². The normalized spacial score (nSPS) is 20.4. The summed E-state index contributed by atoms with van der Waals surface area (Å²) in [7, 11) is 0. The number of halogens is 2. The summed E-state index contributed by atoms with van der Waals surface area (Å²) in [6, 6.07) is 3.60. The zero-order chi connectivity index (χ0) is 23.8. The predicted molar refractivity (Wildman–Crippen MR) is 130 cm³/mol. The molecule has 0 spiro atoms. The lowest BCUT2D eigenvalue weighted by molar-refractivity contribution is -0.125. The molecule has 8 heteroatoms. The molecule has 1 aromatic rings. The molecule has 2 amide bonds. The summed E-state index contributed by atoms with van der Waals surface area (Å²) in [6.07, 6.45) is 2.82. The Balaban J connectivity index is 1.94. The molecular weight excluding hydrogens is 449 g/mol. The Labute approximate surface area is 202 Å². The maximum Gasteiger partial charge on any atom is 0.251 e. The largest absolute Gasteiger partial charge is 0.390 e. The third kappa shape index (κ3) is 8.54. The first-order valence-electron chi connectivity index (χ1n) is 11.5. The number of β-amino-alcohol motifs (C(OH)–C–C–N with tert-alkyl or cyclic N) is 1. The molecule has 0 radical (unpaired) electrons. The zero-order valence-electron chi connectivity index (χ0n) is 19.5. The van der Waals surface area contributed by atoms with Gasteiger partial charge in [-0.1, -0.05) is 50.9 Å². The van der Waals surface area contributed by atoms with Crippen LogP contribution in [-0.4, -0.2) is 59.6 Å². The highest BCUT2D eigenvalue weighted by molar-refractivity contribution is 6.42. The molecule has 1 aliphatic heterocycles. The van der Waals surface area contributed by atoms with Crippen LogP contribution in [0.4, 0.5) is 0 Å². The van der Waals surface area contributed by atoms with Gasteiger partial charge < -0.3 is 20.6 Å². The number of piperidine rings is 1. The Morgan fingerprint density at radius 1 is 1.16 bits per heavy atom. The smallest absolute Gasteiger partial charge is 0.251 e. The second-order valence-electron chi connectivity index (χ2n) is 9.59. The molecule has 32 heavy (non-hydrogen) atoms. The summed E-state index contributed by atoms with van der Waals surface area (Å²) in [5, 5.41) is 17.0. The van der Waals surface area contributed by atoms with E-state index >= 15 is 0 Å². The van der Waals surface area contributed by atoms with E-state index in [-0.39, 0.29) is 28.8 Å². The van der Waals surface area contributed by atoms with Crippen LogP contribution in [0.1, 0.15) is 63.7 Å². The number of aliphatic hydroxyl groups is 1. The SMILES string of the molecule is CC(C)CCCN1CCC(NC(=O)[C@H](CC(C)C)NC(=O)c2ccc(Cl)c(Cl)c2)C(O)C1. The number of rotatable bonds is 10. The van der Waals surface area contributed by atoms with Crippen LogP contribution in [0, 0.1) is 11.8 Å². The van der Waals surface area contributed by atoms with Crippen LogP contribution in [0.5, 0.6) is 0 Å². The molecule has 0 bridgehead atoms. The first-order chi connectivity index (χ1) is 15.1. The highest BCUT2D eigenvalue weighted by atomic mass is 35.5. The van der Waals surface area contributed by atoms with E-state index in [1.165, 1.54) is 12.5 Å². The minimum absolute atomic E-state index is 0.201. The minimum Gasteiger partial charge on any atom is -0.390 e. The van der Waals surface area contributed by atoms with Gasteiger partial charge >= 0.3 is 0 Å². The summed E-state index contributed by atoms with van der Waals surface area (Å²) in [6.45, 7) is 10.8. The average Bonchev–Trinajstić information content (AvgIpc) is 2.70. The van der Waals surface area contributed by atoms with E-state index in [1.807, 2.05) is 13.8 Å². The van der Waals surface area contributed by atoms with Crippen LogP contribution >= 0.6 is 23.2 Å². The monoisotopic (exact) mass is 485 g/mol. The number of hydrogen-bond donors (Lipinski definition) is 3. The lowest BCUT2D eigenvalue weighted by Gasteiger charge is -2.37. The van der Waals surface area contributed by atoms with Gasteiger partial charge in [0.1, 0.15) is 6.04 Å². The van der Waals surface area contributed by atoms with Crippen molar-refractivity contribution in [3.8, 4) is 0 Å². The molecule has 2 unspecified atom stereocenters. The number of hydrogen-bond acceptors (Lipinski definition) is 4. The first-order valence-corrected chi connectivity index (χ1v) is 12.3. The molecule has 180 valence electrons.